The number of nitrogens with zero attached hydrogens (tertiary/aromatic N) is 2. The lowest BCUT2D eigenvalue weighted by atomic mass is 9.78. The van der Waals surface area contributed by atoms with Crippen molar-refractivity contribution >= 4 is 18.3 Å². The van der Waals surface area contributed by atoms with Crippen molar-refractivity contribution in [1.82, 2.24) is 15.1 Å². The molecule has 156 valence electrons. The molecule has 29 heavy (non-hydrogen) atoms. The zero-order chi connectivity index (χ0) is 21.6. The number of benzene rings is 1. The van der Waals surface area contributed by atoms with E-state index in [4.69, 9.17) is 9.31 Å². The van der Waals surface area contributed by atoms with Crippen molar-refractivity contribution in [2.75, 3.05) is 0 Å². The Morgan fingerprint density at radius 3 is 2.31 bits per heavy atom. The second-order valence-electron chi connectivity index (χ2n) is 9.95. The second kappa shape index (κ2) is 7.33. The maximum absolute atomic E-state index is 6.17. The van der Waals surface area contributed by atoms with Gasteiger partial charge in [0.1, 0.15) is 0 Å². The largest absolute Gasteiger partial charge is 0.494 e. The van der Waals surface area contributed by atoms with Crippen LogP contribution in [-0.4, -0.2) is 28.1 Å². The van der Waals surface area contributed by atoms with Gasteiger partial charge in [0.25, 0.3) is 0 Å². The van der Waals surface area contributed by atoms with Gasteiger partial charge in [0.15, 0.2) is 0 Å². The summed E-state index contributed by atoms with van der Waals surface area (Å²) in [6.07, 6.45) is 3.89. The zero-order valence-electron chi connectivity index (χ0n) is 19.1. The Kier molecular flexibility index (Phi) is 5.48. The Bertz CT molecular complexity index is 893. The van der Waals surface area contributed by atoms with Crippen molar-refractivity contribution in [3.8, 4) is 0 Å². The smallest absolute Gasteiger partial charge is 0.399 e. The molecule has 1 fully saturated rings. The second-order valence-corrected chi connectivity index (χ2v) is 9.95. The lowest BCUT2D eigenvalue weighted by molar-refractivity contribution is 0.00578. The van der Waals surface area contributed by atoms with E-state index < -0.39 is 0 Å². The van der Waals surface area contributed by atoms with Gasteiger partial charge in [-0.3, -0.25) is 4.68 Å². The van der Waals surface area contributed by atoms with Crippen LogP contribution in [0.4, 0.5) is 0 Å². The Balaban J connectivity index is 1.66. The van der Waals surface area contributed by atoms with Crippen molar-refractivity contribution in [1.29, 1.82) is 0 Å². The van der Waals surface area contributed by atoms with Gasteiger partial charge in [0, 0.05) is 24.0 Å². The summed E-state index contributed by atoms with van der Waals surface area (Å²) in [5, 5.41) is 7.87. The van der Waals surface area contributed by atoms with Gasteiger partial charge in [0.2, 0.25) is 0 Å². The maximum Gasteiger partial charge on any atom is 0.494 e. The van der Waals surface area contributed by atoms with Crippen LogP contribution in [0, 0.1) is 6.92 Å². The van der Waals surface area contributed by atoms with Gasteiger partial charge in [-0.25, -0.2) is 0 Å². The number of hydrogen-bond acceptors (Lipinski definition) is 4. The van der Waals surface area contributed by atoms with E-state index in [9.17, 15) is 0 Å². The molecule has 1 aromatic heterocycles. The van der Waals surface area contributed by atoms with Gasteiger partial charge in [-0.1, -0.05) is 24.8 Å². The average molecular weight is 395 g/mol. The summed E-state index contributed by atoms with van der Waals surface area (Å²) in [6, 6.07) is 6.38. The highest BCUT2D eigenvalue weighted by Crippen LogP contribution is 2.36. The molecule has 3 rings (SSSR count). The van der Waals surface area contributed by atoms with Crippen LogP contribution in [0.1, 0.15) is 65.2 Å². The van der Waals surface area contributed by atoms with Crippen LogP contribution in [-0.2, 0) is 21.4 Å². The minimum Gasteiger partial charge on any atom is -0.399 e. The third-order valence-corrected chi connectivity index (χ3v) is 6.00. The molecule has 6 heteroatoms. The van der Waals surface area contributed by atoms with Crippen LogP contribution in [0.5, 0.6) is 0 Å². The summed E-state index contributed by atoms with van der Waals surface area (Å²) in [5.41, 5.74) is 4.63. The lowest BCUT2D eigenvalue weighted by Gasteiger charge is -2.32. The SMILES string of the molecule is C=C(NCc1ccc(B2OC(C)(C)C(C)(C)O2)cc1C)c1cnn(C(C)(C)C)c1. The molecule has 1 N–H and O–H groups in total. The van der Waals surface area contributed by atoms with Crippen LogP contribution in [0.3, 0.4) is 0 Å². The van der Waals surface area contributed by atoms with Gasteiger partial charge in [0.05, 0.1) is 22.9 Å². The molecular weight excluding hydrogens is 361 g/mol. The molecule has 2 aromatic rings. The van der Waals surface area contributed by atoms with Crippen LogP contribution < -0.4 is 10.8 Å². The molecule has 0 radical (unpaired) electrons. The number of rotatable bonds is 5. The standard InChI is InChI=1S/C23H34BN3O2/c1-16-12-20(24-28-22(6,7)23(8,9)29-24)11-10-18(16)13-25-17(2)19-14-26-27(15-19)21(3,4)5/h10-12,14-15,25H,2,13H2,1,3-9H3. The van der Waals surface area contributed by atoms with Gasteiger partial charge in [-0.2, -0.15) is 5.10 Å². The van der Waals surface area contributed by atoms with E-state index in [0.29, 0.717) is 6.54 Å². The highest BCUT2D eigenvalue weighted by atomic mass is 16.7. The van der Waals surface area contributed by atoms with E-state index >= 15 is 0 Å². The zero-order valence-corrected chi connectivity index (χ0v) is 19.1. The van der Waals surface area contributed by atoms with Crippen LogP contribution in [0.25, 0.3) is 5.70 Å². The molecular formula is C23H34BN3O2. The first-order valence-electron chi connectivity index (χ1n) is 10.2. The Morgan fingerprint density at radius 2 is 1.79 bits per heavy atom. The Morgan fingerprint density at radius 1 is 1.17 bits per heavy atom. The monoisotopic (exact) mass is 395 g/mol. The number of hydrogen-bond donors (Lipinski definition) is 1. The minimum atomic E-state index is -0.334. The molecule has 0 aliphatic carbocycles. The molecule has 1 saturated heterocycles. The van der Waals surface area contributed by atoms with E-state index in [-0.39, 0.29) is 23.9 Å². The number of aryl methyl sites for hydroxylation is 1. The summed E-state index contributed by atoms with van der Waals surface area (Å²) >= 11 is 0. The molecule has 0 amide bonds. The third kappa shape index (κ3) is 4.43. The van der Waals surface area contributed by atoms with Gasteiger partial charge < -0.3 is 14.6 Å². The molecule has 0 saturated carbocycles. The molecule has 0 spiro atoms. The van der Waals surface area contributed by atoms with Gasteiger partial charge >= 0.3 is 7.12 Å². The van der Waals surface area contributed by atoms with E-state index in [1.54, 1.807) is 0 Å². The van der Waals surface area contributed by atoms with Crippen molar-refractivity contribution in [3.05, 3.63) is 53.9 Å². The third-order valence-electron chi connectivity index (χ3n) is 6.00. The van der Waals surface area contributed by atoms with Crippen molar-refractivity contribution in [2.45, 2.75) is 78.7 Å². The summed E-state index contributed by atoms with van der Waals surface area (Å²) in [7, 11) is -0.334. The number of nitrogens with one attached hydrogen (secondary N) is 1. The topological polar surface area (TPSA) is 48.3 Å². The highest BCUT2D eigenvalue weighted by molar-refractivity contribution is 6.62. The van der Waals surface area contributed by atoms with Crippen molar-refractivity contribution in [3.63, 3.8) is 0 Å². The molecule has 1 aliphatic heterocycles. The van der Waals surface area contributed by atoms with Crippen molar-refractivity contribution in [2.24, 2.45) is 0 Å². The quantitative estimate of drug-likeness (QED) is 0.778. The normalized spacial score (nSPS) is 18.1. The molecule has 0 bridgehead atoms. The number of aromatic nitrogens is 2. The minimum absolute atomic E-state index is 0.0432. The van der Waals surface area contributed by atoms with Crippen LogP contribution in [0.15, 0.2) is 37.2 Å². The first kappa shape index (κ1) is 21.7. The van der Waals surface area contributed by atoms with E-state index in [0.717, 1.165) is 16.7 Å². The average Bonchev–Trinajstić information content (AvgIpc) is 3.16. The molecule has 0 unspecified atom stereocenters. The summed E-state index contributed by atoms with van der Waals surface area (Å²) in [6.45, 7) is 21.7. The molecule has 1 aliphatic rings. The first-order chi connectivity index (χ1) is 13.3. The van der Waals surface area contributed by atoms with Gasteiger partial charge in [-0.05, 0) is 72.0 Å². The van der Waals surface area contributed by atoms with Crippen molar-refractivity contribution < 1.29 is 9.31 Å². The fourth-order valence-corrected chi connectivity index (χ4v) is 3.19. The summed E-state index contributed by atoms with van der Waals surface area (Å²) in [4.78, 5) is 0. The van der Waals surface area contributed by atoms with Crippen LogP contribution in [0.2, 0.25) is 0 Å². The Hall–Kier alpha value is -2.05. The summed E-state index contributed by atoms with van der Waals surface area (Å²) < 4.78 is 14.3. The predicted molar refractivity (Wildman–Crippen MR) is 120 cm³/mol. The van der Waals surface area contributed by atoms with Crippen LogP contribution >= 0.6 is 0 Å². The predicted octanol–water partition coefficient (Wildman–Crippen LogP) is 4.01. The molecule has 2 heterocycles. The lowest BCUT2D eigenvalue weighted by Crippen LogP contribution is -2.41. The van der Waals surface area contributed by atoms with Gasteiger partial charge in [-0.15, -0.1) is 0 Å². The van der Waals surface area contributed by atoms with E-state index in [1.807, 2.05) is 17.1 Å². The molecule has 5 nitrogen and oxygen atoms in total. The fraction of sp³-hybridized carbons (Fsp3) is 0.522. The molecule has 1 aromatic carbocycles. The van der Waals surface area contributed by atoms with E-state index in [2.05, 4.69) is 90.6 Å². The first-order valence-corrected chi connectivity index (χ1v) is 10.2. The molecule has 0 atom stereocenters. The van der Waals surface area contributed by atoms with E-state index in [1.165, 1.54) is 11.1 Å². The fourth-order valence-electron chi connectivity index (χ4n) is 3.19. The maximum atomic E-state index is 6.17. The highest BCUT2D eigenvalue weighted by Gasteiger charge is 2.51. The summed E-state index contributed by atoms with van der Waals surface area (Å²) in [5.74, 6) is 0. The Labute approximate surface area is 175 Å².